The largest absolute Gasteiger partial charge is 0.387 e. The Hall–Kier alpha value is -1.31. The topological polar surface area (TPSA) is 24.9 Å². The maximum Gasteiger partial charge on any atom is 0.0857 e. The van der Waals surface area contributed by atoms with Gasteiger partial charge in [0.05, 0.1) is 11.4 Å². The summed E-state index contributed by atoms with van der Waals surface area (Å²) in [6.07, 6.45) is 1.83. The summed E-state index contributed by atoms with van der Waals surface area (Å²) in [7, 11) is 1.85. The Morgan fingerprint density at radius 1 is 1.54 bits per heavy atom. The Morgan fingerprint density at radius 3 is 2.77 bits per heavy atom. The van der Waals surface area contributed by atoms with Gasteiger partial charge in [-0.1, -0.05) is 20.4 Å². The van der Waals surface area contributed by atoms with Crippen molar-refractivity contribution in [2.24, 2.45) is 0 Å². The van der Waals surface area contributed by atoms with Gasteiger partial charge in [0.2, 0.25) is 0 Å². The van der Waals surface area contributed by atoms with E-state index in [4.69, 9.17) is 0 Å². The van der Waals surface area contributed by atoms with Crippen molar-refractivity contribution in [2.75, 3.05) is 7.05 Å². The number of nitrogens with zero attached hydrogens (tertiary/aromatic N) is 1. The molecule has 0 aromatic carbocycles. The predicted molar refractivity (Wildman–Crippen MR) is 56.4 cm³/mol. The highest BCUT2D eigenvalue weighted by atomic mass is 14.9. The zero-order chi connectivity index (χ0) is 9.84. The molecule has 0 amide bonds. The average Bonchev–Trinajstić information content (AvgIpc) is 2.17. The SMILES string of the molecule is C=C(NC)c1cc(C(C)C)ccn1. The summed E-state index contributed by atoms with van der Waals surface area (Å²) in [5.41, 5.74) is 3.08. The molecule has 0 saturated heterocycles. The third-order valence-corrected chi connectivity index (χ3v) is 2.06. The monoisotopic (exact) mass is 176 g/mol. The van der Waals surface area contributed by atoms with Gasteiger partial charge in [0.25, 0.3) is 0 Å². The second kappa shape index (κ2) is 4.08. The van der Waals surface area contributed by atoms with E-state index in [2.05, 4.69) is 36.8 Å². The van der Waals surface area contributed by atoms with Crippen LogP contribution in [0.5, 0.6) is 0 Å². The first kappa shape index (κ1) is 9.78. The number of rotatable bonds is 3. The van der Waals surface area contributed by atoms with Gasteiger partial charge in [0.1, 0.15) is 0 Å². The molecule has 1 aromatic heterocycles. The highest BCUT2D eigenvalue weighted by Crippen LogP contribution is 2.16. The number of hydrogen-bond donors (Lipinski definition) is 1. The van der Waals surface area contributed by atoms with Gasteiger partial charge in [-0.25, -0.2) is 0 Å². The first-order valence-corrected chi connectivity index (χ1v) is 4.48. The van der Waals surface area contributed by atoms with E-state index in [1.54, 1.807) is 0 Å². The Kier molecular flexibility index (Phi) is 3.07. The van der Waals surface area contributed by atoms with E-state index < -0.39 is 0 Å². The lowest BCUT2D eigenvalue weighted by Crippen LogP contribution is -2.05. The fourth-order valence-electron chi connectivity index (χ4n) is 1.10. The van der Waals surface area contributed by atoms with Crippen LogP contribution in [0.4, 0.5) is 0 Å². The minimum atomic E-state index is 0.534. The standard InChI is InChI=1S/C11H16N2/c1-8(2)10-5-6-13-11(7-10)9(3)12-4/h5-8,12H,3H2,1-2,4H3. The Balaban J connectivity index is 2.98. The van der Waals surface area contributed by atoms with Crippen LogP contribution in [0.3, 0.4) is 0 Å². The van der Waals surface area contributed by atoms with Crippen molar-refractivity contribution in [1.82, 2.24) is 10.3 Å². The number of hydrogen-bond acceptors (Lipinski definition) is 2. The minimum absolute atomic E-state index is 0.534. The van der Waals surface area contributed by atoms with E-state index >= 15 is 0 Å². The summed E-state index contributed by atoms with van der Waals surface area (Å²) in [6.45, 7) is 8.21. The molecular weight excluding hydrogens is 160 g/mol. The zero-order valence-corrected chi connectivity index (χ0v) is 8.46. The van der Waals surface area contributed by atoms with Crippen LogP contribution in [0.25, 0.3) is 5.70 Å². The van der Waals surface area contributed by atoms with E-state index in [-0.39, 0.29) is 0 Å². The van der Waals surface area contributed by atoms with Crippen molar-refractivity contribution in [3.05, 3.63) is 36.2 Å². The molecule has 1 aromatic rings. The van der Waals surface area contributed by atoms with E-state index in [0.717, 1.165) is 11.4 Å². The molecule has 0 saturated carbocycles. The predicted octanol–water partition coefficient (Wildman–Crippen LogP) is 2.40. The Labute approximate surface area is 79.7 Å². The second-order valence-electron chi connectivity index (χ2n) is 3.36. The van der Waals surface area contributed by atoms with E-state index in [9.17, 15) is 0 Å². The van der Waals surface area contributed by atoms with E-state index in [1.807, 2.05) is 19.3 Å². The number of aromatic nitrogens is 1. The lowest BCUT2D eigenvalue weighted by atomic mass is 10.0. The third-order valence-electron chi connectivity index (χ3n) is 2.06. The van der Waals surface area contributed by atoms with Crippen LogP contribution in [0, 0.1) is 0 Å². The highest BCUT2D eigenvalue weighted by molar-refractivity contribution is 5.58. The van der Waals surface area contributed by atoms with Gasteiger partial charge in [0, 0.05) is 13.2 Å². The van der Waals surface area contributed by atoms with Crippen molar-refractivity contribution >= 4 is 5.70 Å². The van der Waals surface area contributed by atoms with Gasteiger partial charge in [-0.05, 0) is 23.6 Å². The summed E-state index contributed by atoms with van der Waals surface area (Å²) in [6, 6.07) is 4.11. The van der Waals surface area contributed by atoms with Gasteiger partial charge in [0.15, 0.2) is 0 Å². The smallest absolute Gasteiger partial charge is 0.0857 e. The molecule has 1 N–H and O–H groups in total. The van der Waals surface area contributed by atoms with Crippen LogP contribution in [0.1, 0.15) is 31.0 Å². The van der Waals surface area contributed by atoms with Crippen molar-refractivity contribution in [3.63, 3.8) is 0 Å². The molecule has 0 bridgehead atoms. The first-order valence-electron chi connectivity index (χ1n) is 4.48. The average molecular weight is 176 g/mol. The van der Waals surface area contributed by atoms with Gasteiger partial charge >= 0.3 is 0 Å². The highest BCUT2D eigenvalue weighted by Gasteiger charge is 2.02. The summed E-state index contributed by atoms with van der Waals surface area (Å²) in [4.78, 5) is 4.23. The molecule has 70 valence electrons. The molecule has 0 spiro atoms. The molecule has 13 heavy (non-hydrogen) atoms. The quantitative estimate of drug-likeness (QED) is 0.765. The molecule has 2 heteroatoms. The maximum atomic E-state index is 4.23. The number of nitrogens with one attached hydrogen (secondary N) is 1. The molecule has 0 unspecified atom stereocenters. The molecule has 0 radical (unpaired) electrons. The molecule has 0 atom stereocenters. The fourth-order valence-corrected chi connectivity index (χ4v) is 1.10. The number of pyridine rings is 1. The van der Waals surface area contributed by atoms with Crippen molar-refractivity contribution in [1.29, 1.82) is 0 Å². The second-order valence-corrected chi connectivity index (χ2v) is 3.36. The fraction of sp³-hybridized carbons (Fsp3) is 0.364. The van der Waals surface area contributed by atoms with Gasteiger partial charge in [-0.15, -0.1) is 0 Å². The summed E-state index contributed by atoms with van der Waals surface area (Å²) in [5.74, 6) is 0.534. The van der Waals surface area contributed by atoms with Gasteiger partial charge in [-0.2, -0.15) is 0 Å². The van der Waals surface area contributed by atoms with Crippen LogP contribution < -0.4 is 5.32 Å². The molecule has 1 heterocycles. The van der Waals surface area contributed by atoms with Crippen molar-refractivity contribution in [3.8, 4) is 0 Å². The van der Waals surface area contributed by atoms with Crippen LogP contribution >= 0.6 is 0 Å². The molecule has 0 fully saturated rings. The van der Waals surface area contributed by atoms with Crippen molar-refractivity contribution < 1.29 is 0 Å². The van der Waals surface area contributed by atoms with Crippen LogP contribution in [0.15, 0.2) is 24.9 Å². The maximum absolute atomic E-state index is 4.23. The van der Waals surface area contributed by atoms with Crippen LogP contribution in [-0.2, 0) is 0 Å². The van der Waals surface area contributed by atoms with E-state index in [0.29, 0.717) is 5.92 Å². The van der Waals surface area contributed by atoms with Crippen LogP contribution in [-0.4, -0.2) is 12.0 Å². The molecular formula is C11H16N2. The van der Waals surface area contributed by atoms with Gasteiger partial charge < -0.3 is 5.32 Å². The molecule has 1 rings (SSSR count). The molecule has 0 aliphatic rings. The lowest BCUT2D eigenvalue weighted by Gasteiger charge is -2.08. The summed E-state index contributed by atoms with van der Waals surface area (Å²) in [5, 5.41) is 2.99. The van der Waals surface area contributed by atoms with E-state index in [1.165, 1.54) is 5.56 Å². The summed E-state index contributed by atoms with van der Waals surface area (Å²) >= 11 is 0. The molecule has 2 nitrogen and oxygen atoms in total. The first-order chi connectivity index (χ1) is 6.15. The third kappa shape index (κ3) is 2.31. The van der Waals surface area contributed by atoms with Gasteiger partial charge in [-0.3, -0.25) is 4.98 Å². The minimum Gasteiger partial charge on any atom is -0.387 e. The zero-order valence-electron chi connectivity index (χ0n) is 8.46. The van der Waals surface area contributed by atoms with Crippen molar-refractivity contribution in [2.45, 2.75) is 19.8 Å². The molecule has 0 aliphatic carbocycles. The summed E-state index contributed by atoms with van der Waals surface area (Å²) < 4.78 is 0. The Morgan fingerprint density at radius 2 is 2.23 bits per heavy atom. The van der Waals surface area contributed by atoms with Crippen LogP contribution in [0.2, 0.25) is 0 Å². The lowest BCUT2D eigenvalue weighted by molar-refractivity contribution is 0.860. The molecule has 0 aliphatic heterocycles. The Bertz CT molecular complexity index is 303. The normalized spacial score (nSPS) is 10.2.